The minimum Gasteiger partial charge on any atom is -0.379 e. The van der Waals surface area contributed by atoms with Crippen LogP contribution in [-0.4, -0.2) is 159 Å². The van der Waals surface area contributed by atoms with Crippen LogP contribution in [0.25, 0.3) is 0 Å². The molecule has 0 heterocycles. The van der Waals surface area contributed by atoms with Crippen molar-refractivity contribution in [3.8, 4) is 0 Å². The summed E-state index contributed by atoms with van der Waals surface area (Å²) >= 11 is 0. The molecule has 0 rings (SSSR count). The summed E-state index contributed by atoms with van der Waals surface area (Å²) in [5.41, 5.74) is 0. The van der Waals surface area contributed by atoms with E-state index in [9.17, 15) is 0 Å². The van der Waals surface area contributed by atoms with E-state index in [1.807, 2.05) is 0 Å². The minimum atomic E-state index is 0.522. The second-order valence-electron chi connectivity index (χ2n) is 11.2. The fourth-order valence-electron chi connectivity index (χ4n) is 4.14. The highest BCUT2D eigenvalue weighted by atomic mass is 16.6. The third kappa shape index (κ3) is 45.5. The number of unbranched alkanes of at least 4 members (excludes halogenated alkanes) is 8. The van der Waals surface area contributed by atoms with Gasteiger partial charge in [-0.2, -0.15) is 0 Å². The molecule has 0 saturated heterocycles. The number of hydrogen-bond donors (Lipinski definition) is 0. The Balaban J connectivity index is 3.04. The molecule has 0 aromatic carbocycles. The topological polar surface area (TPSA) is 111 Å². The number of ether oxygens (including phenoxy) is 12. The van der Waals surface area contributed by atoms with Crippen LogP contribution < -0.4 is 0 Å². The molecule has 0 bridgehead atoms. The summed E-state index contributed by atoms with van der Waals surface area (Å²) in [6, 6.07) is 0. The van der Waals surface area contributed by atoms with E-state index in [0.29, 0.717) is 145 Å². The predicted molar refractivity (Wildman–Crippen MR) is 187 cm³/mol. The van der Waals surface area contributed by atoms with Crippen LogP contribution >= 0.6 is 0 Å². The van der Waals surface area contributed by atoms with Gasteiger partial charge in [-0.25, -0.2) is 0 Å². The molecule has 0 aliphatic rings. The Bertz CT molecular complexity index is 501. The van der Waals surface area contributed by atoms with Gasteiger partial charge in [-0.3, -0.25) is 0 Å². The van der Waals surface area contributed by atoms with Gasteiger partial charge < -0.3 is 56.8 Å². The maximum atomic E-state index is 5.59. The average Bonchev–Trinajstić information content (AvgIpc) is 3.10. The molecule has 0 aliphatic heterocycles. The van der Waals surface area contributed by atoms with Gasteiger partial charge in [-0.05, 0) is 12.8 Å². The predicted octanol–water partition coefficient (Wildman–Crippen LogP) is 5.13. The van der Waals surface area contributed by atoms with Crippen molar-refractivity contribution < 1.29 is 56.8 Å². The molecule has 0 aliphatic carbocycles. The first-order chi connectivity index (χ1) is 23.9. The molecule has 48 heavy (non-hydrogen) atoms. The largest absolute Gasteiger partial charge is 0.379 e. The third-order valence-corrected chi connectivity index (χ3v) is 6.88. The maximum Gasteiger partial charge on any atom is 0.0701 e. The van der Waals surface area contributed by atoms with E-state index < -0.39 is 0 Å². The lowest BCUT2D eigenvalue weighted by Gasteiger charge is -2.09. The summed E-state index contributed by atoms with van der Waals surface area (Å²) in [6.07, 6.45) is 12.6. The van der Waals surface area contributed by atoms with Crippen LogP contribution in [0.2, 0.25) is 0 Å². The lowest BCUT2D eigenvalue weighted by Crippen LogP contribution is -2.15. The summed E-state index contributed by atoms with van der Waals surface area (Å²) in [7, 11) is 0. The summed E-state index contributed by atoms with van der Waals surface area (Å²) in [4.78, 5) is 0. The van der Waals surface area contributed by atoms with Gasteiger partial charge >= 0.3 is 0 Å². The quantitative estimate of drug-likeness (QED) is 0.0787. The molecule has 12 heteroatoms. The van der Waals surface area contributed by atoms with Gasteiger partial charge in [0.2, 0.25) is 0 Å². The number of hydrogen-bond acceptors (Lipinski definition) is 12. The lowest BCUT2D eigenvalue weighted by atomic mass is 10.1. The van der Waals surface area contributed by atoms with E-state index in [2.05, 4.69) is 13.8 Å². The van der Waals surface area contributed by atoms with E-state index >= 15 is 0 Å². The smallest absolute Gasteiger partial charge is 0.0701 e. The van der Waals surface area contributed by atoms with Crippen molar-refractivity contribution in [2.24, 2.45) is 0 Å². The van der Waals surface area contributed by atoms with Gasteiger partial charge in [0, 0.05) is 13.2 Å². The molecule has 0 N–H and O–H groups in total. The van der Waals surface area contributed by atoms with E-state index in [1.165, 1.54) is 51.4 Å². The van der Waals surface area contributed by atoms with Gasteiger partial charge in [0.25, 0.3) is 0 Å². The molecule has 0 fully saturated rings. The Morgan fingerprint density at radius 3 is 0.521 bits per heavy atom. The highest BCUT2D eigenvalue weighted by Crippen LogP contribution is 2.04. The van der Waals surface area contributed by atoms with Gasteiger partial charge in [0.05, 0.1) is 145 Å². The second kappa shape index (κ2) is 46.5. The van der Waals surface area contributed by atoms with Gasteiger partial charge in [0.1, 0.15) is 0 Å². The standard InChI is InChI=1S/C36H74O12/c1-3-5-7-9-10-12-14-38-16-18-40-20-22-42-24-26-44-28-30-46-32-34-48-36-35-47-33-31-45-29-27-43-25-23-41-21-19-39-17-15-37-13-11-8-6-4-2/h3-36H2,1-2H3. The maximum absolute atomic E-state index is 5.59. The summed E-state index contributed by atoms with van der Waals surface area (Å²) in [6.45, 7) is 18.3. The van der Waals surface area contributed by atoms with Crippen LogP contribution in [0.3, 0.4) is 0 Å². The van der Waals surface area contributed by atoms with Gasteiger partial charge in [-0.15, -0.1) is 0 Å². The zero-order valence-corrected chi connectivity index (χ0v) is 30.9. The molecule has 0 aromatic rings. The van der Waals surface area contributed by atoms with E-state index in [-0.39, 0.29) is 0 Å². The summed E-state index contributed by atoms with van der Waals surface area (Å²) in [5.74, 6) is 0. The van der Waals surface area contributed by atoms with Crippen molar-refractivity contribution in [2.75, 3.05) is 159 Å². The summed E-state index contributed by atoms with van der Waals surface area (Å²) in [5, 5.41) is 0. The zero-order chi connectivity index (χ0) is 34.5. The van der Waals surface area contributed by atoms with Crippen LogP contribution in [0.15, 0.2) is 0 Å². The average molecular weight is 699 g/mol. The molecule has 0 radical (unpaired) electrons. The van der Waals surface area contributed by atoms with Gasteiger partial charge in [0.15, 0.2) is 0 Å². The second-order valence-corrected chi connectivity index (χ2v) is 11.2. The van der Waals surface area contributed by atoms with Crippen LogP contribution in [-0.2, 0) is 56.8 Å². The number of rotatable bonds is 45. The van der Waals surface area contributed by atoms with E-state index in [4.69, 9.17) is 56.8 Å². The molecule has 0 spiro atoms. The van der Waals surface area contributed by atoms with Crippen LogP contribution in [0.4, 0.5) is 0 Å². The van der Waals surface area contributed by atoms with Crippen LogP contribution in [0.5, 0.6) is 0 Å². The molecule has 0 aromatic heterocycles. The Labute approximate surface area is 293 Å². The van der Waals surface area contributed by atoms with Gasteiger partial charge in [-0.1, -0.05) is 65.2 Å². The van der Waals surface area contributed by atoms with Crippen LogP contribution in [0.1, 0.15) is 78.1 Å². The van der Waals surface area contributed by atoms with Crippen LogP contribution in [0, 0.1) is 0 Å². The highest BCUT2D eigenvalue weighted by molar-refractivity contribution is 4.44. The van der Waals surface area contributed by atoms with Crippen molar-refractivity contribution in [1.29, 1.82) is 0 Å². The van der Waals surface area contributed by atoms with Crippen molar-refractivity contribution in [2.45, 2.75) is 78.1 Å². The Hall–Kier alpha value is -0.480. The Morgan fingerprint density at radius 1 is 0.167 bits per heavy atom. The first-order valence-corrected chi connectivity index (χ1v) is 18.8. The Kier molecular flexibility index (Phi) is 46.1. The SMILES string of the molecule is CCCCCCCCOCCOCCOCCOCCOCCOCCOCCOCCOCCOCCOCCOCCCCCC. The minimum absolute atomic E-state index is 0.522. The third-order valence-electron chi connectivity index (χ3n) is 6.88. The van der Waals surface area contributed by atoms with E-state index in [1.54, 1.807) is 0 Å². The zero-order valence-electron chi connectivity index (χ0n) is 30.9. The molecule has 0 unspecified atom stereocenters. The molecule has 0 saturated carbocycles. The first-order valence-electron chi connectivity index (χ1n) is 18.8. The fourth-order valence-corrected chi connectivity index (χ4v) is 4.14. The fraction of sp³-hybridized carbons (Fsp3) is 1.00. The highest BCUT2D eigenvalue weighted by Gasteiger charge is 1.97. The molecule has 0 atom stereocenters. The Morgan fingerprint density at radius 2 is 0.312 bits per heavy atom. The first kappa shape index (κ1) is 47.5. The van der Waals surface area contributed by atoms with E-state index in [0.717, 1.165) is 26.1 Å². The molecular weight excluding hydrogens is 624 g/mol. The van der Waals surface area contributed by atoms with Crippen molar-refractivity contribution in [3.05, 3.63) is 0 Å². The molecule has 0 amide bonds. The normalized spacial score (nSPS) is 11.6. The molecular formula is C36H74O12. The van der Waals surface area contributed by atoms with Crippen molar-refractivity contribution >= 4 is 0 Å². The summed E-state index contributed by atoms with van der Waals surface area (Å²) < 4.78 is 66.1. The molecule has 290 valence electrons. The monoisotopic (exact) mass is 699 g/mol. The van der Waals surface area contributed by atoms with Crippen molar-refractivity contribution in [3.63, 3.8) is 0 Å². The van der Waals surface area contributed by atoms with Crippen molar-refractivity contribution in [1.82, 2.24) is 0 Å². The lowest BCUT2D eigenvalue weighted by molar-refractivity contribution is -0.0284. The molecule has 12 nitrogen and oxygen atoms in total.